The minimum atomic E-state index is 0.422. The molecule has 0 spiro atoms. The van der Waals surface area contributed by atoms with E-state index in [0.29, 0.717) is 12.6 Å². The first-order valence-electron chi connectivity index (χ1n) is 4.79. The van der Waals surface area contributed by atoms with E-state index in [9.17, 15) is 0 Å². The number of nitrogens with two attached hydrogens (primary N) is 1. The normalized spacial score (nSPS) is 30.4. The standard InChI is InChI=1S/C9H16N2O/c10-5-9-11-8(6-12-9)7-3-1-2-4-7/h7-8H,1-6,10H2. The molecule has 0 radical (unpaired) electrons. The molecule has 1 fully saturated rings. The van der Waals surface area contributed by atoms with Gasteiger partial charge >= 0.3 is 0 Å². The maximum absolute atomic E-state index is 5.44. The summed E-state index contributed by atoms with van der Waals surface area (Å²) in [5.41, 5.74) is 5.44. The molecule has 2 N–H and O–H groups in total. The van der Waals surface area contributed by atoms with Crippen LogP contribution in [0.4, 0.5) is 0 Å². The lowest BCUT2D eigenvalue weighted by molar-refractivity contribution is 0.276. The Morgan fingerprint density at radius 2 is 2.17 bits per heavy atom. The summed E-state index contributed by atoms with van der Waals surface area (Å²) < 4.78 is 5.35. The summed E-state index contributed by atoms with van der Waals surface area (Å²) in [5.74, 6) is 1.53. The molecule has 1 atom stereocenters. The average molecular weight is 168 g/mol. The van der Waals surface area contributed by atoms with E-state index < -0.39 is 0 Å². The Hall–Kier alpha value is -0.570. The van der Waals surface area contributed by atoms with Crippen molar-refractivity contribution in [3.8, 4) is 0 Å². The minimum Gasteiger partial charge on any atom is -0.478 e. The lowest BCUT2D eigenvalue weighted by Crippen LogP contribution is -2.16. The lowest BCUT2D eigenvalue weighted by atomic mass is 10.00. The van der Waals surface area contributed by atoms with Gasteiger partial charge in [-0.2, -0.15) is 0 Å². The highest BCUT2D eigenvalue weighted by atomic mass is 16.5. The van der Waals surface area contributed by atoms with Gasteiger partial charge in [-0.15, -0.1) is 0 Å². The fraction of sp³-hybridized carbons (Fsp3) is 0.889. The highest BCUT2D eigenvalue weighted by molar-refractivity contribution is 5.79. The molecule has 1 aliphatic carbocycles. The van der Waals surface area contributed by atoms with Crippen LogP contribution in [0.3, 0.4) is 0 Å². The van der Waals surface area contributed by atoms with Crippen LogP contribution in [0, 0.1) is 5.92 Å². The number of nitrogens with zero attached hydrogens (tertiary/aromatic N) is 1. The third-order valence-corrected chi connectivity index (χ3v) is 2.85. The van der Waals surface area contributed by atoms with Crippen LogP contribution in [0.25, 0.3) is 0 Å². The van der Waals surface area contributed by atoms with Crippen molar-refractivity contribution in [2.75, 3.05) is 13.2 Å². The Morgan fingerprint density at radius 3 is 2.75 bits per heavy atom. The van der Waals surface area contributed by atoms with Gasteiger partial charge in [0.2, 0.25) is 0 Å². The summed E-state index contributed by atoms with van der Waals surface area (Å²) in [6, 6.07) is 0.422. The zero-order chi connectivity index (χ0) is 8.39. The molecule has 1 heterocycles. The molecule has 2 aliphatic rings. The van der Waals surface area contributed by atoms with Gasteiger partial charge in [0.15, 0.2) is 5.90 Å². The molecule has 1 unspecified atom stereocenters. The third kappa shape index (κ3) is 1.46. The second-order valence-electron chi connectivity index (χ2n) is 3.65. The summed E-state index contributed by atoms with van der Waals surface area (Å²) >= 11 is 0. The smallest absolute Gasteiger partial charge is 0.197 e. The van der Waals surface area contributed by atoms with Crippen molar-refractivity contribution < 1.29 is 4.74 Å². The van der Waals surface area contributed by atoms with Crippen LogP contribution in [-0.4, -0.2) is 25.1 Å². The predicted octanol–water partition coefficient (Wildman–Crippen LogP) is 0.933. The van der Waals surface area contributed by atoms with Crippen LogP contribution in [0.15, 0.2) is 4.99 Å². The number of ether oxygens (including phenoxy) is 1. The summed E-state index contributed by atoms with van der Waals surface area (Å²) in [4.78, 5) is 4.46. The highest BCUT2D eigenvalue weighted by Crippen LogP contribution is 2.30. The van der Waals surface area contributed by atoms with E-state index >= 15 is 0 Å². The summed E-state index contributed by atoms with van der Waals surface area (Å²) in [5, 5.41) is 0. The van der Waals surface area contributed by atoms with Gasteiger partial charge in [0.05, 0.1) is 12.6 Å². The Morgan fingerprint density at radius 1 is 1.42 bits per heavy atom. The zero-order valence-electron chi connectivity index (χ0n) is 7.33. The molecule has 1 aliphatic heterocycles. The summed E-state index contributed by atoms with van der Waals surface area (Å²) in [7, 11) is 0. The van der Waals surface area contributed by atoms with Crippen LogP contribution < -0.4 is 5.73 Å². The van der Waals surface area contributed by atoms with E-state index in [4.69, 9.17) is 10.5 Å². The van der Waals surface area contributed by atoms with Gasteiger partial charge in [-0.25, -0.2) is 4.99 Å². The Bertz CT molecular complexity index is 185. The van der Waals surface area contributed by atoms with E-state index in [1.807, 2.05) is 0 Å². The van der Waals surface area contributed by atoms with Crippen LogP contribution in [-0.2, 0) is 4.74 Å². The van der Waals surface area contributed by atoms with Gasteiger partial charge in [-0.05, 0) is 18.8 Å². The molecular formula is C9H16N2O. The zero-order valence-corrected chi connectivity index (χ0v) is 7.33. The molecule has 3 heteroatoms. The van der Waals surface area contributed by atoms with Gasteiger partial charge in [0.25, 0.3) is 0 Å². The molecule has 0 saturated heterocycles. The van der Waals surface area contributed by atoms with Crippen LogP contribution in [0.5, 0.6) is 0 Å². The van der Waals surface area contributed by atoms with Gasteiger partial charge in [-0.3, -0.25) is 0 Å². The van der Waals surface area contributed by atoms with Crippen LogP contribution >= 0.6 is 0 Å². The number of aliphatic imine (C=N–C) groups is 1. The van der Waals surface area contributed by atoms with E-state index in [0.717, 1.165) is 18.4 Å². The van der Waals surface area contributed by atoms with Gasteiger partial charge < -0.3 is 10.5 Å². The summed E-state index contributed by atoms with van der Waals surface area (Å²) in [6.45, 7) is 1.24. The van der Waals surface area contributed by atoms with Gasteiger partial charge in [0.1, 0.15) is 6.61 Å². The highest BCUT2D eigenvalue weighted by Gasteiger charge is 2.28. The molecular weight excluding hydrogens is 152 g/mol. The molecule has 0 aromatic carbocycles. The first-order valence-corrected chi connectivity index (χ1v) is 4.79. The molecule has 68 valence electrons. The van der Waals surface area contributed by atoms with Crippen molar-refractivity contribution in [1.29, 1.82) is 0 Å². The largest absolute Gasteiger partial charge is 0.478 e. The Labute approximate surface area is 73.0 Å². The molecule has 1 saturated carbocycles. The van der Waals surface area contributed by atoms with Crippen molar-refractivity contribution in [1.82, 2.24) is 0 Å². The number of hydrogen-bond acceptors (Lipinski definition) is 3. The first-order chi connectivity index (χ1) is 5.90. The van der Waals surface area contributed by atoms with Crippen molar-refractivity contribution in [3.63, 3.8) is 0 Å². The fourth-order valence-corrected chi connectivity index (χ4v) is 2.14. The average Bonchev–Trinajstić information content (AvgIpc) is 2.75. The molecule has 0 bridgehead atoms. The SMILES string of the molecule is NCC1=NC(C2CCCC2)CO1. The van der Waals surface area contributed by atoms with Crippen molar-refractivity contribution in [2.45, 2.75) is 31.7 Å². The number of hydrogen-bond donors (Lipinski definition) is 1. The summed E-state index contributed by atoms with van der Waals surface area (Å²) in [6.07, 6.45) is 5.40. The molecule has 0 aromatic rings. The van der Waals surface area contributed by atoms with E-state index in [-0.39, 0.29) is 0 Å². The second-order valence-corrected chi connectivity index (χ2v) is 3.65. The molecule has 0 aromatic heterocycles. The first kappa shape index (κ1) is 8.05. The van der Waals surface area contributed by atoms with E-state index in [1.165, 1.54) is 25.7 Å². The topological polar surface area (TPSA) is 47.6 Å². The number of rotatable bonds is 2. The monoisotopic (exact) mass is 168 g/mol. The molecule has 12 heavy (non-hydrogen) atoms. The van der Waals surface area contributed by atoms with E-state index in [2.05, 4.69) is 4.99 Å². The van der Waals surface area contributed by atoms with Crippen molar-refractivity contribution in [2.24, 2.45) is 16.6 Å². The van der Waals surface area contributed by atoms with Crippen molar-refractivity contribution >= 4 is 5.90 Å². The van der Waals surface area contributed by atoms with E-state index in [1.54, 1.807) is 0 Å². The maximum Gasteiger partial charge on any atom is 0.197 e. The van der Waals surface area contributed by atoms with Crippen molar-refractivity contribution in [3.05, 3.63) is 0 Å². The van der Waals surface area contributed by atoms with Gasteiger partial charge in [0, 0.05) is 0 Å². The fourth-order valence-electron chi connectivity index (χ4n) is 2.14. The maximum atomic E-state index is 5.44. The van der Waals surface area contributed by atoms with Crippen LogP contribution in [0.2, 0.25) is 0 Å². The molecule has 3 nitrogen and oxygen atoms in total. The Balaban J connectivity index is 1.93. The quantitative estimate of drug-likeness (QED) is 0.667. The van der Waals surface area contributed by atoms with Gasteiger partial charge in [-0.1, -0.05) is 12.8 Å². The minimum absolute atomic E-state index is 0.422. The predicted molar refractivity (Wildman–Crippen MR) is 48.2 cm³/mol. The third-order valence-electron chi connectivity index (χ3n) is 2.85. The Kier molecular flexibility index (Phi) is 2.30. The second kappa shape index (κ2) is 3.44. The lowest BCUT2D eigenvalue weighted by Gasteiger charge is -2.11. The molecule has 2 rings (SSSR count). The molecule has 0 amide bonds. The van der Waals surface area contributed by atoms with Crippen LogP contribution in [0.1, 0.15) is 25.7 Å².